The van der Waals surface area contributed by atoms with Crippen molar-refractivity contribution >= 4 is 11.9 Å². The van der Waals surface area contributed by atoms with Gasteiger partial charge in [-0.2, -0.15) is 5.10 Å². The van der Waals surface area contributed by atoms with Gasteiger partial charge in [0.15, 0.2) is 0 Å². The molecule has 0 aliphatic heterocycles. The molecule has 0 amide bonds. The van der Waals surface area contributed by atoms with E-state index in [0.717, 1.165) is 11.3 Å². The van der Waals surface area contributed by atoms with E-state index in [2.05, 4.69) is 43.4 Å². The second-order valence-electron chi connectivity index (χ2n) is 4.69. The van der Waals surface area contributed by atoms with Crippen LogP contribution in [0.15, 0.2) is 41.5 Å². The summed E-state index contributed by atoms with van der Waals surface area (Å²) in [6, 6.07) is 10.4. The first kappa shape index (κ1) is 13.3. The van der Waals surface area contributed by atoms with Crippen LogP contribution < -0.4 is 5.43 Å². The molecule has 0 atom stereocenters. The topological polar surface area (TPSA) is 24.4 Å². The lowest BCUT2D eigenvalue weighted by atomic mass is 10.0. The molecule has 0 heterocycles. The van der Waals surface area contributed by atoms with Crippen LogP contribution in [-0.2, 0) is 0 Å². The van der Waals surface area contributed by atoms with Gasteiger partial charge in [-0.3, -0.25) is 5.43 Å². The maximum Gasteiger partial charge on any atom is 0.123 e. The highest BCUT2D eigenvalue weighted by Gasteiger charge is 2.00. The van der Waals surface area contributed by atoms with Crippen LogP contribution in [0, 0.1) is 26.6 Å². The standard InChI is InChI=1S/C16H17FN2/c1-11-8-12(2)16(13(3)9-11)10-18-19-15-6-4-14(17)5-7-15/h4-10,19H,1-3H3/b18-10+. The van der Waals surface area contributed by atoms with Crippen LogP contribution in [0.3, 0.4) is 0 Å². The number of hydrazone groups is 1. The van der Waals surface area contributed by atoms with Gasteiger partial charge in [0.1, 0.15) is 5.82 Å². The lowest BCUT2D eigenvalue weighted by Gasteiger charge is -2.06. The summed E-state index contributed by atoms with van der Waals surface area (Å²) >= 11 is 0. The molecule has 0 saturated carbocycles. The van der Waals surface area contributed by atoms with Crippen molar-refractivity contribution in [3.63, 3.8) is 0 Å². The van der Waals surface area contributed by atoms with Crippen LogP contribution in [0.1, 0.15) is 22.3 Å². The van der Waals surface area contributed by atoms with Gasteiger partial charge in [-0.1, -0.05) is 17.7 Å². The lowest BCUT2D eigenvalue weighted by molar-refractivity contribution is 0.628. The number of hydrogen-bond acceptors (Lipinski definition) is 2. The molecule has 2 nitrogen and oxygen atoms in total. The number of nitrogens with one attached hydrogen (secondary N) is 1. The first-order valence-corrected chi connectivity index (χ1v) is 6.19. The maximum absolute atomic E-state index is 12.8. The predicted octanol–water partition coefficient (Wildman–Crippen LogP) is 4.20. The summed E-state index contributed by atoms with van der Waals surface area (Å²) in [5.74, 6) is -0.250. The van der Waals surface area contributed by atoms with E-state index in [0.29, 0.717) is 0 Å². The number of hydrogen-bond donors (Lipinski definition) is 1. The highest BCUT2D eigenvalue weighted by molar-refractivity contribution is 5.84. The Labute approximate surface area is 113 Å². The van der Waals surface area contributed by atoms with Gasteiger partial charge in [0.05, 0.1) is 11.9 Å². The molecule has 98 valence electrons. The zero-order valence-electron chi connectivity index (χ0n) is 11.4. The van der Waals surface area contributed by atoms with E-state index in [4.69, 9.17) is 0 Å². The molecule has 2 aromatic rings. The van der Waals surface area contributed by atoms with E-state index in [-0.39, 0.29) is 5.82 Å². The van der Waals surface area contributed by atoms with Crippen molar-refractivity contribution < 1.29 is 4.39 Å². The second kappa shape index (κ2) is 5.65. The summed E-state index contributed by atoms with van der Waals surface area (Å²) in [7, 11) is 0. The average Bonchev–Trinajstić information content (AvgIpc) is 2.34. The Morgan fingerprint density at radius 3 is 2.16 bits per heavy atom. The minimum atomic E-state index is -0.250. The largest absolute Gasteiger partial charge is 0.279 e. The van der Waals surface area contributed by atoms with Crippen molar-refractivity contribution in [3.8, 4) is 0 Å². The van der Waals surface area contributed by atoms with Crippen molar-refractivity contribution in [2.24, 2.45) is 5.10 Å². The zero-order chi connectivity index (χ0) is 13.8. The summed E-state index contributed by atoms with van der Waals surface area (Å²) in [6.45, 7) is 6.22. The summed E-state index contributed by atoms with van der Waals surface area (Å²) in [6.07, 6.45) is 1.80. The first-order chi connectivity index (χ1) is 9.06. The van der Waals surface area contributed by atoms with Crippen LogP contribution in [0.5, 0.6) is 0 Å². The third-order valence-corrected chi connectivity index (χ3v) is 2.97. The van der Waals surface area contributed by atoms with Gasteiger partial charge in [0.25, 0.3) is 0 Å². The number of halogens is 1. The van der Waals surface area contributed by atoms with E-state index >= 15 is 0 Å². The summed E-state index contributed by atoms with van der Waals surface area (Å²) < 4.78 is 12.8. The Morgan fingerprint density at radius 1 is 1.00 bits per heavy atom. The van der Waals surface area contributed by atoms with Gasteiger partial charge in [-0.05, 0) is 56.2 Å². The van der Waals surface area contributed by atoms with E-state index in [1.54, 1.807) is 18.3 Å². The van der Waals surface area contributed by atoms with Crippen molar-refractivity contribution in [2.75, 3.05) is 5.43 Å². The monoisotopic (exact) mass is 256 g/mol. The molecular weight excluding hydrogens is 239 g/mol. The number of rotatable bonds is 3. The Hall–Kier alpha value is -2.16. The molecule has 0 radical (unpaired) electrons. The van der Waals surface area contributed by atoms with Gasteiger partial charge in [-0.25, -0.2) is 4.39 Å². The minimum Gasteiger partial charge on any atom is -0.279 e. The van der Waals surface area contributed by atoms with Crippen molar-refractivity contribution in [3.05, 3.63) is 64.5 Å². The predicted molar refractivity (Wildman–Crippen MR) is 78.3 cm³/mol. The Morgan fingerprint density at radius 2 is 1.58 bits per heavy atom. The fourth-order valence-electron chi connectivity index (χ4n) is 2.09. The second-order valence-corrected chi connectivity index (χ2v) is 4.69. The Balaban J connectivity index is 2.13. The van der Waals surface area contributed by atoms with Crippen LogP contribution in [0.25, 0.3) is 0 Å². The summed E-state index contributed by atoms with van der Waals surface area (Å²) in [5, 5.41) is 4.20. The van der Waals surface area contributed by atoms with Gasteiger partial charge in [0, 0.05) is 5.56 Å². The molecule has 0 saturated heterocycles. The smallest absolute Gasteiger partial charge is 0.123 e. The summed E-state index contributed by atoms with van der Waals surface area (Å²) in [5.41, 5.74) is 8.41. The lowest BCUT2D eigenvalue weighted by Crippen LogP contribution is -1.96. The SMILES string of the molecule is Cc1cc(C)c(/C=N/Nc2ccc(F)cc2)c(C)c1. The molecular formula is C16H17FN2. The molecule has 0 fully saturated rings. The van der Waals surface area contributed by atoms with Crippen molar-refractivity contribution in [2.45, 2.75) is 20.8 Å². The molecule has 1 N–H and O–H groups in total. The van der Waals surface area contributed by atoms with Gasteiger partial charge in [-0.15, -0.1) is 0 Å². The normalized spacial score (nSPS) is 10.9. The molecule has 0 aromatic heterocycles. The van der Waals surface area contributed by atoms with Crippen molar-refractivity contribution in [1.29, 1.82) is 0 Å². The zero-order valence-corrected chi connectivity index (χ0v) is 11.4. The Kier molecular flexibility index (Phi) is 3.95. The van der Waals surface area contributed by atoms with Crippen LogP contribution in [0.4, 0.5) is 10.1 Å². The van der Waals surface area contributed by atoms with Crippen LogP contribution >= 0.6 is 0 Å². The number of benzene rings is 2. The molecule has 2 aromatic carbocycles. The molecule has 0 bridgehead atoms. The number of nitrogens with zero attached hydrogens (tertiary/aromatic N) is 1. The fourth-order valence-corrected chi connectivity index (χ4v) is 2.09. The molecule has 0 aliphatic carbocycles. The van der Waals surface area contributed by atoms with Gasteiger partial charge in [0.2, 0.25) is 0 Å². The fraction of sp³-hybridized carbons (Fsp3) is 0.188. The highest BCUT2D eigenvalue weighted by atomic mass is 19.1. The molecule has 0 unspecified atom stereocenters. The van der Waals surface area contributed by atoms with E-state index in [9.17, 15) is 4.39 Å². The Bertz CT molecular complexity index is 578. The van der Waals surface area contributed by atoms with E-state index < -0.39 is 0 Å². The van der Waals surface area contributed by atoms with Gasteiger partial charge >= 0.3 is 0 Å². The van der Waals surface area contributed by atoms with E-state index in [1.165, 1.54) is 28.8 Å². The minimum absolute atomic E-state index is 0.250. The highest BCUT2D eigenvalue weighted by Crippen LogP contribution is 2.14. The number of anilines is 1. The molecule has 0 spiro atoms. The number of aryl methyl sites for hydroxylation is 3. The van der Waals surface area contributed by atoms with Crippen molar-refractivity contribution in [1.82, 2.24) is 0 Å². The molecule has 2 rings (SSSR count). The van der Waals surface area contributed by atoms with Crippen LogP contribution in [0.2, 0.25) is 0 Å². The third kappa shape index (κ3) is 3.41. The van der Waals surface area contributed by atoms with Gasteiger partial charge < -0.3 is 0 Å². The quantitative estimate of drug-likeness (QED) is 0.646. The average molecular weight is 256 g/mol. The van der Waals surface area contributed by atoms with E-state index in [1.807, 2.05) is 0 Å². The summed E-state index contributed by atoms with van der Waals surface area (Å²) in [4.78, 5) is 0. The third-order valence-electron chi connectivity index (χ3n) is 2.97. The molecule has 3 heteroatoms. The first-order valence-electron chi connectivity index (χ1n) is 6.19. The molecule has 0 aliphatic rings. The van der Waals surface area contributed by atoms with Crippen LogP contribution in [-0.4, -0.2) is 6.21 Å². The molecule has 19 heavy (non-hydrogen) atoms. The maximum atomic E-state index is 12.8.